The molecular weight excluding hydrogens is 293 g/mol. The van der Waals surface area contributed by atoms with Crippen LogP contribution in [0.15, 0.2) is 42.5 Å². The number of hydrogen-bond acceptors (Lipinski definition) is 3. The van der Waals surface area contributed by atoms with E-state index in [0.29, 0.717) is 22.8 Å². The lowest BCUT2D eigenvalue weighted by molar-refractivity contribution is 0.275. The second-order valence-corrected chi connectivity index (χ2v) is 5.09. The molecule has 112 valence electrons. The van der Waals surface area contributed by atoms with E-state index in [4.69, 9.17) is 27.2 Å². The molecule has 2 aromatic carbocycles. The van der Waals surface area contributed by atoms with Gasteiger partial charge < -0.3 is 15.6 Å². The first-order valence-electron chi connectivity index (χ1n) is 6.64. The fraction of sp³-hybridized carbons (Fsp3) is 0.250. The van der Waals surface area contributed by atoms with E-state index in [1.54, 1.807) is 24.3 Å². The Kier molecular flexibility index (Phi) is 5.56. The maximum Gasteiger partial charge on any atom is 0.131 e. The minimum Gasteiger partial charge on any atom is -0.489 e. The molecule has 0 heterocycles. The highest BCUT2D eigenvalue weighted by molar-refractivity contribution is 6.31. The Balaban J connectivity index is 2.08. The molecule has 0 radical (unpaired) electrons. The van der Waals surface area contributed by atoms with Crippen molar-refractivity contribution in [2.24, 2.45) is 5.73 Å². The van der Waals surface area contributed by atoms with Crippen LogP contribution in [-0.2, 0) is 6.61 Å². The van der Waals surface area contributed by atoms with Crippen molar-refractivity contribution in [2.45, 2.75) is 19.1 Å². The van der Waals surface area contributed by atoms with Crippen LogP contribution >= 0.6 is 11.6 Å². The molecule has 0 saturated carbocycles. The summed E-state index contributed by atoms with van der Waals surface area (Å²) in [6, 6.07) is 11.5. The molecule has 0 saturated heterocycles. The molecule has 1 atom stereocenters. The van der Waals surface area contributed by atoms with Crippen molar-refractivity contribution < 1.29 is 14.2 Å². The van der Waals surface area contributed by atoms with Crippen LogP contribution in [0.1, 0.15) is 23.6 Å². The third-order valence-corrected chi connectivity index (χ3v) is 3.53. The summed E-state index contributed by atoms with van der Waals surface area (Å²) in [5, 5.41) is 9.25. The molecular formula is C16H17ClFNO2. The van der Waals surface area contributed by atoms with Gasteiger partial charge in [-0.15, -0.1) is 0 Å². The first-order chi connectivity index (χ1) is 10.1. The molecule has 0 aliphatic rings. The Morgan fingerprint density at radius 2 is 2.00 bits per heavy atom. The fourth-order valence-corrected chi connectivity index (χ4v) is 2.18. The maximum absolute atomic E-state index is 13.6. The van der Waals surface area contributed by atoms with Crippen molar-refractivity contribution >= 4 is 11.6 Å². The minimum atomic E-state index is -0.393. The van der Waals surface area contributed by atoms with Crippen LogP contribution in [0.4, 0.5) is 4.39 Å². The summed E-state index contributed by atoms with van der Waals surface area (Å²) in [6.45, 7) is 0.0707. The van der Waals surface area contributed by atoms with Crippen molar-refractivity contribution in [1.82, 2.24) is 0 Å². The molecule has 2 aromatic rings. The monoisotopic (exact) mass is 309 g/mol. The molecule has 2 rings (SSSR count). The van der Waals surface area contributed by atoms with E-state index in [0.717, 1.165) is 5.56 Å². The first kappa shape index (κ1) is 15.8. The number of aliphatic hydroxyl groups is 1. The predicted molar refractivity (Wildman–Crippen MR) is 80.8 cm³/mol. The van der Waals surface area contributed by atoms with Crippen LogP contribution in [-0.4, -0.2) is 11.7 Å². The van der Waals surface area contributed by atoms with Crippen LogP contribution in [0.3, 0.4) is 0 Å². The zero-order chi connectivity index (χ0) is 15.2. The van der Waals surface area contributed by atoms with Crippen molar-refractivity contribution in [3.05, 3.63) is 64.4 Å². The second-order valence-electron chi connectivity index (χ2n) is 4.68. The fourth-order valence-electron chi connectivity index (χ4n) is 1.97. The highest BCUT2D eigenvalue weighted by Crippen LogP contribution is 2.23. The highest BCUT2D eigenvalue weighted by Gasteiger charge is 2.09. The molecule has 3 N–H and O–H groups in total. The van der Waals surface area contributed by atoms with Crippen molar-refractivity contribution in [3.63, 3.8) is 0 Å². The average Bonchev–Trinajstić information content (AvgIpc) is 2.47. The summed E-state index contributed by atoms with van der Waals surface area (Å²) in [4.78, 5) is 0. The van der Waals surface area contributed by atoms with E-state index in [-0.39, 0.29) is 19.3 Å². The smallest absolute Gasteiger partial charge is 0.131 e. The standard InChI is InChI=1S/C16H17ClFNO2/c17-14-5-2-6-15(18)13(14)10-21-12-4-1-3-11(9-12)16(19)7-8-20/h1-6,9,16,20H,7-8,10,19H2. The zero-order valence-corrected chi connectivity index (χ0v) is 12.2. The third-order valence-electron chi connectivity index (χ3n) is 3.17. The Hall–Kier alpha value is -1.62. The Morgan fingerprint density at radius 3 is 2.71 bits per heavy atom. The van der Waals surface area contributed by atoms with Gasteiger partial charge in [-0.2, -0.15) is 0 Å². The van der Waals surface area contributed by atoms with Gasteiger partial charge in [-0.05, 0) is 36.2 Å². The van der Waals surface area contributed by atoms with E-state index in [2.05, 4.69) is 0 Å². The summed E-state index contributed by atoms with van der Waals surface area (Å²) in [6.07, 6.45) is 0.475. The molecule has 1 unspecified atom stereocenters. The van der Waals surface area contributed by atoms with Crippen molar-refractivity contribution in [2.75, 3.05) is 6.61 Å². The van der Waals surface area contributed by atoms with Gasteiger partial charge in [-0.25, -0.2) is 4.39 Å². The molecule has 0 aliphatic heterocycles. The van der Waals surface area contributed by atoms with Gasteiger partial charge in [-0.3, -0.25) is 0 Å². The minimum absolute atomic E-state index is 0.0249. The molecule has 21 heavy (non-hydrogen) atoms. The number of ether oxygens (including phenoxy) is 1. The predicted octanol–water partition coefficient (Wildman–Crippen LogP) is 3.44. The van der Waals surface area contributed by atoms with Crippen LogP contribution in [0.25, 0.3) is 0 Å². The number of rotatable bonds is 6. The normalized spacial score (nSPS) is 12.2. The quantitative estimate of drug-likeness (QED) is 0.859. The van der Waals surface area contributed by atoms with Gasteiger partial charge in [0.2, 0.25) is 0 Å². The third kappa shape index (κ3) is 4.17. The van der Waals surface area contributed by atoms with Crippen molar-refractivity contribution in [1.29, 1.82) is 0 Å². The van der Waals surface area contributed by atoms with Gasteiger partial charge >= 0.3 is 0 Å². The summed E-state index contributed by atoms with van der Waals surface area (Å²) in [7, 11) is 0. The largest absolute Gasteiger partial charge is 0.489 e. The van der Waals surface area contributed by atoms with Gasteiger partial charge in [0.05, 0.1) is 5.02 Å². The van der Waals surface area contributed by atoms with E-state index in [9.17, 15) is 4.39 Å². The highest BCUT2D eigenvalue weighted by atomic mass is 35.5. The van der Waals surface area contributed by atoms with Gasteiger partial charge in [0.15, 0.2) is 0 Å². The number of aliphatic hydroxyl groups excluding tert-OH is 1. The van der Waals surface area contributed by atoms with Crippen LogP contribution in [0.2, 0.25) is 5.02 Å². The van der Waals surface area contributed by atoms with Gasteiger partial charge in [0.25, 0.3) is 0 Å². The topological polar surface area (TPSA) is 55.5 Å². The molecule has 5 heteroatoms. The molecule has 0 aliphatic carbocycles. The molecule has 0 fully saturated rings. The summed E-state index contributed by atoms with van der Waals surface area (Å²) >= 11 is 5.95. The molecule has 3 nitrogen and oxygen atoms in total. The number of hydrogen-bond donors (Lipinski definition) is 2. The lowest BCUT2D eigenvalue weighted by atomic mass is 10.1. The van der Waals surface area contributed by atoms with Crippen molar-refractivity contribution in [3.8, 4) is 5.75 Å². The number of nitrogens with two attached hydrogens (primary N) is 1. The number of benzene rings is 2. The lowest BCUT2D eigenvalue weighted by Crippen LogP contribution is -2.12. The Labute approximate surface area is 128 Å². The Bertz CT molecular complexity index is 586. The van der Waals surface area contributed by atoms with E-state index in [1.807, 2.05) is 12.1 Å². The number of halogens is 2. The SMILES string of the molecule is NC(CCO)c1cccc(OCc2c(F)cccc2Cl)c1. The summed E-state index contributed by atoms with van der Waals surface area (Å²) < 4.78 is 19.2. The first-order valence-corrected chi connectivity index (χ1v) is 7.01. The molecule has 0 spiro atoms. The molecule has 0 aromatic heterocycles. The van der Waals surface area contributed by atoms with Crippen LogP contribution in [0.5, 0.6) is 5.75 Å². The summed E-state index contributed by atoms with van der Waals surface area (Å²) in [5.74, 6) is 0.191. The maximum atomic E-state index is 13.6. The Morgan fingerprint density at radius 1 is 1.24 bits per heavy atom. The second kappa shape index (κ2) is 7.41. The molecule has 0 amide bonds. The van der Waals surface area contributed by atoms with Crippen LogP contribution in [0, 0.1) is 5.82 Å². The van der Waals surface area contributed by atoms with Gasteiger partial charge in [-0.1, -0.05) is 29.8 Å². The van der Waals surface area contributed by atoms with Gasteiger partial charge in [0.1, 0.15) is 18.2 Å². The molecule has 0 bridgehead atoms. The van der Waals surface area contributed by atoms with Gasteiger partial charge in [0, 0.05) is 18.2 Å². The van der Waals surface area contributed by atoms with E-state index in [1.165, 1.54) is 6.07 Å². The zero-order valence-electron chi connectivity index (χ0n) is 11.4. The summed E-state index contributed by atoms with van der Waals surface area (Å²) in [5.41, 5.74) is 7.12. The van der Waals surface area contributed by atoms with E-state index < -0.39 is 5.82 Å². The van der Waals surface area contributed by atoms with E-state index >= 15 is 0 Å². The average molecular weight is 310 g/mol. The lowest BCUT2D eigenvalue weighted by Gasteiger charge is -2.13. The van der Waals surface area contributed by atoms with Crippen LogP contribution < -0.4 is 10.5 Å².